The van der Waals surface area contributed by atoms with E-state index in [9.17, 15) is 9.59 Å². The third kappa shape index (κ3) is 4.34. The lowest BCUT2D eigenvalue weighted by Gasteiger charge is -2.23. The second-order valence-corrected chi connectivity index (χ2v) is 5.43. The van der Waals surface area contributed by atoms with Gasteiger partial charge in [0.05, 0.1) is 6.54 Å². The number of hydrogen-bond donors (Lipinski definition) is 1. The highest BCUT2D eigenvalue weighted by Gasteiger charge is 2.36. The highest BCUT2D eigenvalue weighted by molar-refractivity contribution is 5.90. The number of aryl methyl sites for hydroxylation is 1. The number of rotatable bonds is 8. The second-order valence-electron chi connectivity index (χ2n) is 5.43. The summed E-state index contributed by atoms with van der Waals surface area (Å²) in [4.78, 5) is 25.9. The van der Waals surface area contributed by atoms with Gasteiger partial charge in [-0.1, -0.05) is 0 Å². The predicted molar refractivity (Wildman–Crippen MR) is 81.1 cm³/mol. The first-order chi connectivity index (χ1) is 10.6. The number of nitrogens with zero attached hydrogens (tertiary/aromatic N) is 1. The molecule has 0 saturated carbocycles. The largest absolute Gasteiger partial charge is 0.464 e. The summed E-state index contributed by atoms with van der Waals surface area (Å²) in [5, 5.41) is 2.88. The molecule has 0 spiro atoms. The van der Waals surface area contributed by atoms with Crippen LogP contribution in [-0.4, -0.2) is 42.5 Å². The summed E-state index contributed by atoms with van der Waals surface area (Å²) in [6, 6.07) is 3.31. The standard InChI is InChI=1S/C16H24N2O4/c1-3-21-10-4-9-17-16(20)14-7-8-15(19)18(14)11-13-6-5-12(2)22-13/h5-6,14H,3-4,7-11H2,1-2H3,(H,17,20)/t14-/m0/s1. The molecule has 0 radical (unpaired) electrons. The zero-order valence-corrected chi connectivity index (χ0v) is 13.3. The van der Waals surface area contributed by atoms with Gasteiger partial charge in [0.2, 0.25) is 11.8 Å². The molecule has 1 aromatic rings. The SMILES string of the molecule is CCOCCCNC(=O)[C@@H]1CCC(=O)N1Cc1ccc(C)o1. The predicted octanol–water partition coefficient (Wildman–Crippen LogP) is 1.62. The molecule has 1 saturated heterocycles. The van der Waals surface area contributed by atoms with Gasteiger partial charge in [-0.2, -0.15) is 0 Å². The Bertz CT molecular complexity index is 512. The lowest BCUT2D eigenvalue weighted by Crippen LogP contribution is -2.44. The molecule has 1 fully saturated rings. The molecule has 1 atom stereocenters. The van der Waals surface area contributed by atoms with Crippen LogP contribution in [-0.2, 0) is 20.9 Å². The molecule has 1 aliphatic heterocycles. The third-order valence-corrected chi connectivity index (χ3v) is 3.72. The highest BCUT2D eigenvalue weighted by Crippen LogP contribution is 2.22. The van der Waals surface area contributed by atoms with E-state index in [0.29, 0.717) is 44.9 Å². The van der Waals surface area contributed by atoms with Gasteiger partial charge in [-0.15, -0.1) is 0 Å². The maximum absolute atomic E-state index is 12.3. The van der Waals surface area contributed by atoms with Crippen molar-refractivity contribution in [3.8, 4) is 0 Å². The van der Waals surface area contributed by atoms with E-state index in [4.69, 9.17) is 9.15 Å². The molecule has 2 amide bonds. The minimum Gasteiger partial charge on any atom is -0.464 e. The van der Waals surface area contributed by atoms with E-state index in [2.05, 4.69) is 5.32 Å². The van der Waals surface area contributed by atoms with Crippen LogP contribution in [0.2, 0.25) is 0 Å². The molecule has 2 rings (SSSR count). The Hall–Kier alpha value is -1.82. The van der Waals surface area contributed by atoms with Crippen LogP contribution in [0.4, 0.5) is 0 Å². The molecular formula is C16H24N2O4. The van der Waals surface area contributed by atoms with Crippen molar-refractivity contribution in [2.45, 2.75) is 45.7 Å². The average Bonchev–Trinajstić information content (AvgIpc) is 3.06. The zero-order valence-electron chi connectivity index (χ0n) is 13.3. The lowest BCUT2D eigenvalue weighted by atomic mass is 10.2. The van der Waals surface area contributed by atoms with Gasteiger partial charge in [-0.25, -0.2) is 0 Å². The fourth-order valence-corrected chi connectivity index (χ4v) is 2.59. The van der Waals surface area contributed by atoms with Gasteiger partial charge in [0.25, 0.3) is 0 Å². The maximum atomic E-state index is 12.3. The maximum Gasteiger partial charge on any atom is 0.242 e. The lowest BCUT2D eigenvalue weighted by molar-refractivity contribution is -0.136. The molecule has 1 N–H and O–H groups in total. The van der Waals surface area contributed by atoms with Crippen LogP contribution < -0.4 is 5.32 Å². The smallest absolute Gasteiger partial charge is 0.242 e. The first-order valence-electron chi connectivity index (χ1n) is 7.82. The van der Waals surface area contributed by atoms with Crippen molar-refractivity contribution in [3.63, 3.8) is 0 Å². The molecule has 22 heavy (non-hydrogen) atoms. The van der Waals surface area contributed by atoms with Gasteiger partial charge < -0.3 is 19.4 Å². The topological polar surface area (TPSA) is 71.8 Å². The molecule has 0 bridgehead atoms. The minimum absolute atomic E-state index is 0.00326. The van der Waals surface area contributed by atoms with E-state index in [-0.39, 0.29) is 11.8 Å². The molecule has 6 nitrogen and oxygen atoms in total. The number of amides is 2. The van der Waals surface area contributed by atoms with Crippen molar-refractivity contribution in [1.29, 1.82) is 0 Å². The summed E-state index contributed by atoms with van der Waals surface area (Å²) in [6.07, 6.45) is 1.75. The van der Waals surface area contributed by atoms with E-state index >= 15 is 0 Å². The number of nitrogens with one attached hydrogen (secondary N) is 1. The summed E-state index contributed by atoms with van der Waals surface area (Å²) < 4.78 is 10.7. The van der Waals surface area contributed by atoms with Gasteiger partial charge in [0.1, 0.15) is 17.6 Å². The number of hydrogen-bond acceptors (Lipinski definition) is 4. The minimum atomic E-state index is -0.398. The van der Waals surface area contributed by atoms with Crippen LogP contribution >= 0.6 is 0 Å². The zero-order chi connectivity index (χ0) is 15.9. The van der Waals surface area contributed by atoms with Gasteiger partial charge >= 0.3 is 0 Å². The summed E-state index contributed by atoms with van der Waals surface area (Å²) >= 11 is 0. The molecule has 122 valence electrons. The number of carbonyl (C=O) groups excluding carboxylic acids is 2. The van der Waals surface area contributed by atoms with E-state index < -0.39 is 6.04 Å². The van der Waals surface area contributed by atoms with Gasteiger partial charge in [0, 0.05) is 26.2 Å². The summed E-state index contributed by atoms with van der Waals surface area (Å²) in [6.45, 7) is 6.03. The Morgan fingerprint density at radius 1 is 1.50 bits per heavy atom. The van der Waals surface area contributed by atoms with Crippen molar-refractivity contribution >= 4 is 11.8 Å². The van der Waals surface area contributed by atoms with E-state index in [1.165, 1.54) is 0 Å². The molecule has 0 unspecified atom stereocenters. The van der Waals surface area contributed by atoms with E-state index in [1.54, 1.807) is 4.90 Å². The quantitative estimate of drug-likeness (QED) is 0.741. The van der Waals surface area contributed by atoms with Crippen LogP contribution in [0.1, 0.15) is 37.7 Å². The Balaban J connectivity index is 1.85. The molecule has 0 aromatic carbocycles. The van der Waals surface area contributed by atoms with Crippen molar-refractivity contribution < 1.29 is 18.7 Å². The van der Waals surface area contributed by atoms with Crippen LogP contribution in [0, 0.1) is 6.92 Å². The fourth-order valence-electron chi connectivity index (χ4n) is 2.59. The number of carbonyl (C=O) groups is 2. The molecule has 6 heteroatoms. The Morgan fingerprint density at radius 3 is 3.00 bits per heavy atom. The van der Waals surface area contributed by atoms with Crippen molar-refractivity contribution in [3.05, 3.63) is 23.7 Å². The molecule has 2 heterocycles. The van der Waals surface area contributed by atoms with Crippen LogP contribution in [0.25, 0.3) is 0 Å². The molecule has 0 aliphatic carbocycles. The molecule has 1 aromatic heterocycles. The molecular weight excluding hydrogens is 284 g/mol. The summed E-state index contributed by atoms with van der Waals surface area (Å²) in [5.41, 5.74) is 0. The van der Waals surface area contributed by atoms with Crippen molar-refractivity contribution in [2.24, 2.45) is 0 Å². The first kappa shape index (κ1) is 16.5. The van der Waals surface area contributed by atoms with Crippen LogP contribution in [0.15, 0.2) is 16.5 Å². The summed E-state index contributed by atoms with van der Waals surface area (Å²) in [5.74, 6) is 1.43. The first-order valence-corrected chi connectivity index (χ1v) is 7.82. The summed E-state index contributed by atoms with van der Waals surface area (Å²) in [7, 11) is 0. The fraction of sp³-hybridized carbons (Fsp3) is 0.625. The van der Waals surface area contributed by atoms with Crippen molar-refractivity contribution in [1.82, 2.24) is 10.2 Å². The van der Waals surface area contributed by atoms with E-state index in [0.717, 1.165) is 12.2 Å². The van der Waals surface area contributed by atoms with Crippen LogP contribution in [0.3, 0.4) is 0 Å². The molecule has 1 aliphatic rings. The number of likely N-dealkylation sites (tertiary alicyclic amines) is 1. The van der Waals surface area contributed by atoms with Gasteiger partial charge in [-0.3, -0.25) is 9.59 Å². The Kier molecular flexibility index (Phi) is 6.00. The Morgan fingerprint density at radius 2 is 2.32 bits per heavy atom. The van der Waals surface area contributed by atoms with E-state index in [1.807, 2.05) is 26.0 Å². The second kappa shape index (κ2) is 7.98. The highest BCUT2D eigenvalue weighted by atomic mass is 16.5. The van der Waals surface area contributed by atoms with Crippen molar-refractivity contribution in [2.75, 3.05) is 19.8 Å². The van der Waals surface area contributed by atoms with Gasteiger partial charge in [-0.05, 0) is 38.8 Å². The normalized spacial score (nSPS) is 18.0. The number of furan rings is 1. The average molecular weight is 308 g/mol. The van der Waals surface area contributed by atoms with Crippen LogP contribution in [0.5, 0.6) is 0 Å². The van der Waals surface area contributed by atoms with Gasteiger partial charge in [0.15, 0.2) is 0 Å². The third-order valence-electron chi connectivity index (χ3n) is 3.72. The Labute approximate surface area is 130 Å². The monoisotopic (exact) mass is 308 g/mol. The number of ether oxygens (including phenoxy) is 1.